The third-order valence-corrected chi connectivity index (χ3v) is 4.23. The van der Waals surface area contributed by atoms with Gasteiger partial charge < -0.3 is 4.42 Å². The van der Waals surface area contributed by atoms with Gasteiger partial charge in [0.05, 0.1) is 11.6 Å². The van der Waals surface area contributed by atoms with E-state index in [1.165, 1.54) is 34.2 Å². The van der Waals surface area contributed by atoms with E-state index in [4.69, 9.17) is 4.42 Å². The minimum absolute atomic E-state index is 0.00634. The van der Waals surface area contributed by atoms with Gasteiger partial charge >= 0.3 is 0 Å². The van der Waals surface area contributed by atoms with Crippen molar-refractivity contribution < 1.29 is 4.42 Å². The Morgan fingerprint density at radius 3 is 2.54 bits per heavy atom. The van der Waals surface area contributed by atoms with Crippen molar-refractivity contribution in [3.8, 4) is 0 Å². The highest BCUT2D eigenvalue weighted by atomic mass is 16.3. The Kier molecular flexibility index (Phi) is 3.72. The molecule has 0 radical (unpaired) electrons. The molecule has 1 aliphatic carbocycles. The van der Waals surface area contributed by atoms with Gasteiger partial charge in [-0.1, -0.05) is 60.7 Å². The number of para-hydroxylation sites is 1. The lowest BCUT2D eigenvalue weighted by molar-refractivity contribution is 0.602. The van der Waals surface area contributed by atoms with Crippen molar-refractivity contribution >= 4 is 27.8 Å². The van der Waals surface area contributed by atoms with E-state index in [9.17, 15) is 4.79 Å². The highest BCUT2D eigenvalue weighted by Gasteiger charge is 2.06. The van der Waals surface area contributed by atoms with Crippen molar-refractivity contribution in [1.82, 2.24) is 0 Å². The van der Waals surface area contributed by atoms with Crippen LogP contribution in [0.1, 0.15) is 11.1 Å². The predicted molar refractivity (Wildman–Crippen MR) is 99.2 cm³/mol. The van der Waals surface area contributed by atoms with Crippen molar-refractivity contribution in [2.24, 2.45) is 0 Å². The first-order valence-corrected chi connectivity index (χ1v) is 7.97. The van der Waals surface area contributed by atoms with Gasteiger partial charge in [-0.25, -0.2) is 0 Å². The lowest BCUT2D eigenvalue weighted by atomic mass is 9.93. The Bertz CT molecular complexity index is 1090. The summed E-state index contributed by atoms with van der Waals surface area (Å²) in [5.41, 5.74) is 3.46. The second-order valence-corrected chi connectivity index (χ2v) is 5.75. The van der Waals surface area contributed by atoms with Gasteiger partial charge in [0.15, 0.2) is 5.43 Å². The third kappa shape index (κ3) is 2.63. The summed E-state index contributed by atoms with van der Waals surface area (Å²) in [6.45, 7) is 0. The molecule has 1 heterocycles. The van der Waals surface area contributed by atoms with Crippen LogP contribution in [0.25, 0.3) is 27.8 Å². The Balaban J connectivity index is 0.000000123. The molecular weight excluding hydrogens is 296 g/mol. The highest BCUT2D eigenvalue weighted by Crippen LogP contribution is 2.27. The first-order chi connectivity index (χ1) is 11.8. The van der Waals surface area contributed by atoms with Gasteiger partial charge in [0, 0.05) is 6.07 Å². The molecule has 0 amide bonds. The SMILES string of the molecule is C1=Cc2cccc3cccc(c23)C1.O=c1ccoc2ccccc12. The number of fused-ring (bicyclic) bond motifs is 1. The van der Waals surface area contributed by atoms with Gasteiger partial charge in [0.1, 0.15) is 5.58 Å². The minimum atomic E-state index is 0.00634. The molecule has 0 saturated carbocycles. The van der Waals surface area contributed by atoms with Crippen LogP contribution in [0.15, 0.2) is 88.3 Å². The number of allylic oxidation sites excluding steroid dienone is 1. The van der Waals surface area contributed by atoms with Crippen molar-refractivity contribution in [2.45, 2.75) is 6.42 Å². The topological polar surface area (TPSA) is 30.2 Å². The molecule has 1 aromatic heterocycles. The minimum Gasteiger partial charge on any atom is -0.464 e. The second-order valence-electron chi connectivity index (χ2n) is 5.75. The molecule has 3 aromatic carbocycles. The summed E-state index contributed by atoms with van der Waals surface area (Å²) in [5, 5.41) is 3.43. The van der Waals surface area contributed by atoms with Crippen molar-refractivity contribution in [3.63, 3.8) is 0 Å². The Morgan fingerprint density at radius 1 is 0.833 bits per heavy atom. The zero-order valence-electron chi connectivity index (χ0n) is 13.1. The summed E-state index contributed by atoms with van der Waals surface area (Å²) in [5.74, 6) is 0. The fourth-order valence-electron chi connectivity index (χ4n) is 3.10. The molecule has 0 atom stereocenters. The zero-order chi connectivity index (χ0) is 16.4. The lowest BCUT2D eigenvalue weighted by Gasteiger charge is -2.11. The van der Waals surface area contributed by atoms with Gasteiger partial charge in [-0.05, 0) is 40.5 Å². The molecule has 0 aliphatic heterocycles. The summed E-state index contributed by atoms with van der Waals surface area (Å²) in [6.07, 6.45) is 6.94. The van der Waals surface area contributed by atoms with Crippen LogP contribution in [0.3, 0.4) is 0 Å². The molecule has 0 unspecified atom stereocenters. The average molecular weight is 312 g/mol. The largest absolute Gasteiger partial charge is 0.464 e. The maximum atomic E-state index is 11.1. The molecule has 24 heavy (non-hydrogen) atoms. The summed E-state index contributed by atoms with van der Waals surface area (Å²) in [7, 11) is 0. The average Bonchev–Trinajstić information content (AvgIpc) is 2.64. The van der Waals surface area contributed by atoms with E-state index < -0.39 is 0 Å². The van der Waals surface area contributed by atoms with Crippen molar-refractivity contribution in [1.29, 1.82) is 0 Å². The highest BCUT2D eigenvalue weighted by molar-refractivity contribution is 5.94. The van der Waals surface area contributed by atoms with Gasteiger partial charge in [0.25, 0.3) is 0 Å². The first kappa shape index (κ1) is 14.5. The van der Waals surface area contributed by atoms with E-state index >= 15 is 0 Å². The van der Waals surface area contributed by atoms with Crippen molar-refractivity contribution in [2.75, 3.05) is 0 Å². The number of hydrogen-bond acceptors (Lipinski definition) is 2. The quantitative estimate of drug-likeness (QED) is 0.446. The molecule has 0 N–H and O–H groups in total. The molecule has 116 valence electrons. The normalized spacial score (nSPS) is 12.0. The Morgan fingerprint density at radius 2 is 1.67 bits per heavy atom. The smallest absolute Gasteiger partial charge is 0.192 e. The van der Waals surface area contributed by atoms with Crippen LogP contribution in [0.2, 0.25) is 0 Å². The van der Waals surface area contributed by atoms with Crippen LogP contribution < -0.4 is 5.43 Å². The van der Waals surface area contributed by atoms with E-state index in [0.29, 0.717) is 11.0 Å². The monoisotopic (exact) mass is 312 g/mol. The van der Waals surface area contributed by atoms with Gasteiger partial charge in [0.2, 0.25) is 0 Å². The van der Waals surface area contributed by atoms with Crippen LogP contribution in [-0.2, 0) is 6.42 Å². The molecule has 2 nitrogen and oxygen atoms in total. The molecule has 4 aromatic rings. The number of benzene rings is 3. The van der Waals surface area contributed by atoms with Crippen LogP contribution in [0, 0.1) is 0 Å². The second kappa shape index (κ2) is 6.17. The Hall–Kier alpha value is -3.13. The molecule has 0 bridgehead atoms. The molecule has 0 fully saturated rings. The number of hydrogen-bond donors (Lipinski definition) is 0. The van der Waals surface area contributed by atoms with Crippen LogP contribution >= 0.6 is 0 Å². The van der Waals surface area contributed by atoms with Crippen LogP contribution in [-0.4, -0.2) is 0 Å². The third-order valence-electron chi connectivity index (χ3n) is 4.23. The Labute approximate surface area is 139 Å². The predicted octanol–water partition coefficient (Wildman–Crippen LogP) is 5.20. The summed E-state index contributed by atoms with van der Waals surface area (Å²) in [4.78, 5) is 11.1. The fraction of sp³-hybridized carbons (Fsp3) is 0.0455. The van der Waals surface area contributed by atoms with E-state index in [0.717, 1.165) is 6.42 Å². The summed E-state index contributed by atoms with van der Waals surface area (Å²) in [6, 6.07) is 21.6. The molecular formula is C22H16O2. The van der Waals surface area contributed by atoms with Gasteiger partial charge in [-0.2, -0.15) is 0 Å². The zero-order valence-corrected chi connectivity index (χ0v) is 13.1. The molecule has 1 aliphatic rings. The van der Waals surface area contributed by atoms with Crippen LogP contribution in [0.4, 0.5) is 0 Å². The molecule has 0 saturated heterocycles. The van der Waals surface area contributed by atoms with E-state index in [-0.39, 0.29) is 5.43 Å². The summed E-state index contributed by atoms with van der Waals surface area (Å²) < 4.78 is 5.09. The molecule has 5 rings (SSSR count). The lowest BCUT2D eigenvalue weighted by Crippen LogP contribution is -1.96. The maximum Gasteiger partial charge on any atom is 0.192 e. The van der Waals surface area contributed by atoms with Crippen LogP contribution in [0.5, 0.6) is 0 Å². The fourth-order valence-corrected chi connectivity index (χ4v) is 3.10. The first-order valence-electron chi connectivity index (χ1n) is 7.97. The van der Waals surface area contributed by atoms with Crippen molar-refractivity contribution in [3.05, 3.63) is 100 Å². The standard InChI is InChI=1S/C13H10.C9H6O2/c1-4-10-6-2-8-12-9-3-7-11(5-1)13(10)12;10-8-5-6-11-9-4-2-1-3-7(8)9/h1-8H,9H2;1-6H. The van der Waals surface area contributed by atoms with Gasteiger partial charge in [-0.3, -0.25) is 4.79 Å². The van der Waals surface area contributed by atoms with E-state index in [2.05, 4.69) is 48.6 Å². The van der Waals surface area contributed by atoms with E-state index in [1.54, 1.807) is 12.1 Å². The molecule has 0 spiro atoms. The number of rotatable bonds is 0. The van der Waals surface area contributed by atoms with Gasteiger partial charge in [-0.15, -0.1) is 0 Å². The maximum absolute atomic E-state index is 11.1. The van der Waals surface area contributed by atoms with E-state index in [1.807, 2.05) is 12.1 Å². The molecule has 2 heteroatoms. The summed E-state index contributed by atoms with van der Waals surface area (Å²) >= 11 is 0.